The second kappa shape index (κ2) is 8.04. The van der Waals surface area contributed by atoms with Crippen LogP contribution in [0.25, 0.3) is 10.9 Å². The molecule has 3 N–H and O–H groups in total. The molecule has 1 saturated carbocycles. The Kier molecular flexibility index (Phi) is 5.77. The maximum atomic E-state index is 12.6. The summed E-state index contributed by atoms with van der Waals surface area (Å²) in [6.45, 7) is 1.12. The highest BCUT2D eigenvalue weighted by Crippen LogP contribution is 2.38. The Hall–Kier alpha value is -2.14. The zero-order chi connectivity index (χ0) is 18.6. The molecule has 1 aliphatic rings. The molecule has 1 heterocycles. The summed E-state index contributed by atoms with van der Waals surface area (Å²) >= 11 is 0. The molecule has 0 spiro atoms. The SMILES string of the molecule is CN(C)c1cc(CNC(=O)CC2(CN)CCCCC2)c2ccccc2n1. The second-order valence-corrected chi connectivity index (χ2v) is 7.77. The zero-order valence-corrected chi connectivity index (χ0v) is 15.9. The summed E-state index contributed by atoms with van der Waals surface area (Å²) in [5.41, 5.74) is 8.07. The lowest BCUT2D eigenvalue weighted by Gasteiger charge is -2.35. The van der Waals surface area contributed by atoms with Crippen LogP contribution in [0.15, 0.2) is 30.3 Å². The van der Waals surface area contributed by atoms with Gasteiger partial charge in [0, 0.05) is 32.4 Å². The molecule has 26 heavy (non-hydrogen) atoms. The van der Waals surface area contributed by atoms with Crippen LogP contribution in [0.5, 0.6) is 0 Å². The van der Waals surface area contributed by atoms with Crippen molar-refractivity contribution in [3.63, 3.8) is 0 Å². The quantitative estimate of drug-likeness (QED) is 0.835. The molecular weight excluding hydrogens is 324 g/mol. The molecule has 1 aromatic carbocycles. The summed E-state index contributed by atoms with van der Waals surface area (Å²) in [4.78, 5) is 19.3. The molecule has 0 unspecified atom stereocenters. The summed E-state index contributed by atoms with van der Waals surface area (Å²) in [6, 6.07) is 10.1. The standard InChI is InChI=1S/C21H30N4O/c1-25(2)19-12-16(17-8-4-5-9-18(17)24-19)14-23-20(26)13-21(15-22)10-6-3-7-11-21/h4-5,8-9,12H,3,6-7,10-11,13-15,22H2,1-2H3,(H,23,26). The fraction of sp³-hybridized carbons (Fsp3) is 0.524. The van der Waals surface area contributed by atoms with Crippen molar-refractivity contribution in [1.82, 2.24) is 10.3 Å². The first kappa shape index (κ1) is 18.6. The van der Waals surface area contributed by atoms with Crippen molar-refractivity contribution in [2.45, 2.75) is 45.1 Å². The molecule has 5 heteroatoms. The van der Waals surface area contributed by atoms with Gasteiger partial charge < -0.3 is 16.0 Å². The normalized spacial score (nSPS) is 16.4. The van der Waals surface area contributed by atoms with Crippen molar-refractivity contribution in [2.75, 3.05) is 25.5 Å². The van der Waals surface area contributed by atoms with Gasteiger partial charge in [0.2, 0.25) is 5.91 Å². The van der Waals surface area contributed by atoms with E-state index in [2.05, 4.69) is 22.4 Å². The van der Waals surface area contributed by atoms with Crippen LogP contribution >= 0.6 is 0 Å². The fourth-order valence-corrected chi connectivity index (χ4v) is 3.96. The monoisotopic (exact) mass is 354 g/mol. The van der Waals surface area contributed by atoms with Gasteiger partial charge in [0.25, 0.3) is 0 Å². The molecule has 1 fully saturated rings. The van der Waals surface area contributed by atoms with E-state index in [9.17, 15) is 4.79 Å². The van der Waals surface area contributed by atoms with Gasteiger partial charge in [-0.2, -0.15) is 0 Å². The number of rotatable bonds is 6. The van der Waals surface area contributed by atoms with Gasteiger partial charge in [0.15, 0.2) is 0 Å². The Labute approximate surface area is 156 Å². The van der Waals surface area contributed by atoms with Crippen LogP contribution in [0.4, 0.5) is 5.82 Å². The number of amides is 1. The first-order chi connectivity index (χ1) is 12.5. The van der Waals surface area contributed by atoms with Crippen molar-refractivity contribution in [1.29, 1.82) is 0 Å². The number of para-hydroxylation sites is 1. The average Bonchev–Trinajstić information content (AvgIpc) is 2.66. The van der Waals surface area contributed by atoms with Crippen LogP contribution < -0.4 is 16.0 Å². The maximum absolute atomic E-state index is 12.6. The van der Waals surface area contributed by atoms with Gasteiger partial charge >= 0.3 is 0 Å². The Morgan fingerprint density at radius 3 is 2.65 bits per heavy atom. The van der Waals surface area contributed by atoms with Crippen molar-refractivity contribution in [3.05, 3.63) is 35.9 Å². The molecule has 1 aromatic heterocycles. The van der Waals surface area contributed by atoms with Crippen LogP contribution in [0.3, 0.4) is 0 Å². The van der Waals surface area contributed by atoms with Gasteiger partial charge in [-0.1, -0.05) is 37.5 Å². The number of nitrogens with two attached hydrogens (primary N) is 1. The van der Waals surface area contributed by atoms with Gasteiger partial charge in [-0.05, 0) is 42.5 Å². The average molecular weight is 354 g/mol. The van der Waals surface area contributed by atoms with E-state index in [-0.39, 0.29) is 11.3 Å². The lowest BCUT2D eigenvalue weighted by molar-refractivity contribution is -0.124. The molecule has 0 radical (unpaired) electrons. The van der Waals surface area contributed by atoms with Gasteiger partial charge in [-0.25, -0.2) is 4.98 Å². The number of hydrogen-bond acceptors (Lipinski definition) is 4. The largest absolute Gasteiger partial charge is 0.363 e. The van der Waals surface area contributed by atoms with E-state index in [1.54, 1.807) is 0 Å². The molecule has 0 atom stereocenters. The molecule has 0 bridgehead atoms. The molecule has 2 aromatic rings. The number of carbonyl (C=O) groups excluding carboxylic acids is 1. The predicted molar refractivity (Wildman–Crippen MR) is 107 cm³/mol. The molecule has 0 saturated heterocycles. The lowest BCUT2D eigenvalue weighted by atomic mass is 9.71. The first-order valence-corrected chi connectivity index (χ1v) is 9.56. The molecule has 5 nitrogen and oxygen atoms in total. The van der Waals surface area contributed by atoms with Crippen LogP contribution in [-0.4, -0.2) is 31.5 Å². The summed E-state index contributed by atoms with van der Waals surface area (Å²) in [5, 5.41) is 4.21. The van der Waals surface area contributed by atoms with Crippen LogP contribution in [0.1, 0.15) is 44.1 Å². The van der Waals surface area contributed by atoms with Crippen LogP contribution in [-0.2, 0) is 11.3 Å². The minimum Gasteiger partial charge on any atom is -0.363 e. The summed E-state index contributed by atoms with van der Waals surface area (Å²) < 4.78 is 0. The third kappa shape index (κ3) is 4.15. The lowest BCUT2D eigenvalue weighted by Crippen LogP contribution is -2.38. The Bertz CT molecular complexity index is 766. The number of hydrogen-bond donors (Lipinski definition) is 2. The van der Waals surface area contributed by atoms with Gasteiger partial charge in [-0.15, -0.1) is 0 Å². The van der Waals surface area contributed by atoms with Gasteiger partial charge in [0.05, 0.1) is 5.52 Å². The smallest absolute Gasteiger partial charge is 0.220 e. The number of anilines is 1. The molecule has 0 aliphatic heterocycles. The summed E-state index contributed by atoms with van der Waals surface area (Å²) in [6.07, 6.45) is 6.31. The number of pyridine rings is 1. The van der Waals surface area contributed by atoms with E-state index in [1.807, 2.05) is 37.2 Å². The fourth-order valence-electron chi connectivity index (χ4n) is 3.96. The number of nitrogens with zero attached hydrogens (tertiary/aromatic N) is 2. The number of aromatic nitrogens is 1. The van der Waals surface area contributed by atoms with E-state index in [0.29, 0.717) is 19.5 Å². The molecular formula is C21H30N4O. The van der Waals surface area contributed by atoms with E-state index in [0.717, 1.165) is 35.1 Å². The Balaban J connectivity index is 1.73. The second-order valence-electron chi connectivity index (χ2n) is 7.77. The van der Waals surface area contributed by atoms with E-state index < -0.39 is 0 Å². The van der Waals surface area contributed by atoms with Gasteiger partial charge in [-0.3, -0.25) is 4.79 Å². The molecule has 1 aliphatic carbocycles. The first-order valence-electron chi connectivity index (χ1n) is 9.56. The van der Waals surface area contributed by atoms with Crippen molar-refractivity contribution >= 4 is 22.6 Å². The number of carbonyl (C=O) groups is 1. The third-order valence-corrected chi connectivity index (χ3v) is 5.61. The highest BCUT2D eigenvalue weighted by Gasteiger charge is 2.32. The van der Waals surface area contributed by atoms with E-state index >= 15 is 0 Å². The maximum Gasteiger partial charge on any atom is 0.220 e. The van der Waals surface area contributed by atoms with Crippen molar-refractivity contribution in [2.24, 2.45) is 11.1 Å². The Morgan fingerprint density at radius 1 is 1.23 bits per heavy atom. The van der Waals surface area contributed by atoms with Crippen LogP contribution in [0, 0.1) is 5.41 Å². The Morgan fingerprint density at radius 2 is 1.96 bits per heavy atom. The van der Waals surface area contributed by atoms with E-state index in [4.69, 9.17) is 5.73 Å². The number of fused-ring (bicyclic) bond motifs is 1. The minimum atomic E-state index is -0.00254. The molecule has 1 amide bonds. The van der Waals surface area contributed by atoms with Crippen molar-refractivity contribution < 1.29 is 4.79 Å². The number of nitrogens with one attached hydrogen (secondary N) is 1. The van der Waals surface area contributed by atoms with E-state index in [1.165, 1.54) is 19.3 Å². The summed E-state index contributed by atoms with van der Waals surface area (Å²) in [7, 11) is 3.96. The third-order valence-electron chi connectivity index (χ3n) is 5.61. The van der Waals surface area contributed by atoms with Gasteiger partial charge in [0.1, 0.15) is 5.82 Å². The molecule has 3 rings (SSSR count). The zero-order valence-electron chi connectivity index (χ0n) is 15.9. The van der Waals surface area contributed by atoms with Crippen molar-refractivity contribution in [3.8, 4) is 0 Å². The highest BCUT2D eigenvalue weighted by molar-refractivity contribution is 5.85. The predicted octanol–water partition coefficient (Wildman–Crippen LogP) is 3.22. The van der Waals surface area contributed by atoms with Crippen LogP contribution in [0.2, 0.25) is 0 Å². The molecule has 140 valence electrons. The minimum absolute atomic E-state index is 0.00254. The number of benzene rings is 1. The topological polar surface area (TPSA) is 71.2 Å². The highest BCUT2D eigenvalue weighted by atomic mass is 16.1. The summed E-state index contributed by atoms with van der Waals surface area (Å²) in [5.74, 6) is 1.00.